The Labute approximate surface area is 177 Å². The third kappa shape index (κ3) is 3.94. The van der Waals surface area contributed by atoms with E-state index in [0.717, 1.165) is 48.0 Å². The molecule has 1 aliphatic rings. The lowest BCUT2D eigenvalue weighted by atomic mass is 9.96. The molecule has 1 aliphatic carbocycles. The predicted octanol–water partition coefficient (Wildman–Crippen LogP) is 5.40. The number of Topliss-reactive ketones (excluding diaryl/α,β-unsaturated/α-hetero) is 1. The number of benzene rings is 2. The van der Waals surface area contributed by atoms with Gasteiger partial charge in [-0.25, -0.2) is 9.97 Å². The number of nitrogens with zero attached hydrogens (tertiary/aromatic N) is 2. The standard InChI is InChI=1S/C23H23F3N4O/c1-11(14-7-15(23(24,25)26)9-16(27)8-14)28-22-20-10-19(12(2)31)17-5-4-6-18(17)21(20)29-13(3)30-22/h7-11H,4-6,27H2,1-3H3,(H,28,29,30)/t11-/m1/s1. The lowest BCUT2D eigenvalue weighted by Crippen LogP contribution is -2.13. The maximum atomic E-state index is 13.2. The van der Waals surface area contributed by atoms with Crippen LogP contribution in [0.15, 0.2) is 24.3 Å². The zero-order chi connectivity index (χ0) is 22.5. The number of rotatable bonds is 4. The Morgan fingerprint density at radius 3 is 2.52 bits per heavy atom. The largest absolute Gasteiger partial charge is 0.416 e. The van der Waals surface area contributed by atoms with Gasteiger partial charge in [-0.05, 0) is 81.0 Å². The number of hydrogen-bond acceptors (Lipinski definition) is 5. The molecule has 0 bridgehead atoms. The summed E-state index contributed by atoms with van der Waals surface area (Å²) >= 11 is 0. The highest BCUT2D eigenvalue weighted by molar-refractivity contribution is 6.03. The molecule has 2 aromatic carbocycles. The van der Waals surface area contributed by atoms with Crippen molar-refractivity contribution >= 4 is 28.2 Å². The minimum Gasteiger partial charge on any atom is -0.399 e. The molecule has 8 heteroatoms. The summed E-state index contributed by atoms with van der Waals surface area (Å²) in [6.45, 7) is 5.06. The van der Waals surface area contributed by atoms with Gasteiger partial charge in [-0.15, -0.1) is 0 Å². The van der Waals surface area contributed by atoms with E-state index in [9.17, 15) is 18.0 Å². The molecule has 0 unspecified atom stereocenters. The molecule has 31 heavy (non-hydrogen) atoms. The van der Waals surface area contributed by atoms with E-state index in [1.165, 1.54) is 13.0 Å². The number of carbonyl (C=O) groups excluding carboxylic acids is 1. The summed E-state index contributed by atoms with van der Waals surface area (Å²) < 4.78 is 39.7. The van der Waals surface area contributed by atoms with Crippen LogP contribution in [0.4, 0.5) is 24.7 Å². The van der Waals surface area contributed by atoms with Crippen LogP contribution in [0.2, 0.25) is 0 Å². The summed E-state index contributed by atoms with van der Waals surface area (Å²) in [5.74, 6) is 1.02. The fourth-order valence-electron chi connectivity index (χ4n) is 4.28. The molecule has 3 N–H and O–H groups in total. The molecule has 1 heterocycles. The van der Waals surface area contributed by atoms with Crippen LogP contribution >= 0.6 is 0 Å². The first-order valence-electron chi connectivity index (χ1n) is 10.1. The summed E-state index contributed by atoms with van der Waals surface area (Å²) in [5, 5.41) is 3.92. The Balaban J connectivity index is 1.81. The van der Waals surface area contributed by atoms with Crippen LogP contribution < -0.4 is 11.1 Å². The van der Waals surface area contributed by atoms with Crippen LogP contribution in [0, 0.1) is 6.92 Å². The average molecular weight is 428 g/mol. The fourth-order valence-corrected chi connectivity index (χ4v) is 4.28. The SMILES string of the molecule is CC(=O)c1cc2c(N[C@H](C)c3cc(N)cc(C(F)(F)F)c3)nc(C)nc2c2c1CCC2. The Morgan fingerprint density at radius 1 is 1.13 bits per heavy atom. The van der Waals surface area contributed by atoms with Gasteiger partial charge in [0.25, 0.3) is 0 Å². The number of nitrogen functional groups attached to an aromatic ring is 1. The molecular formula is C23H23F3N4O. The topological polar surface area (TPSA) is 80.9 Å². The van der Waals surface area contributed by atoms with Gasteiger partial charge in [-0.2, -0.15) is 13.2 Å². The zero-order valence-corrected chi connectivity index (χ0v) is 17.5. The van der Waals surface area contributed by atoms with Crippen molar-refractivity contribution in [3.05, 3.63) is 57.9 Å². The Morgan fingerprint density at radius 2 is 1.84 bits per heavy atom. The van der Waals surface area contributed by atoms with Crippen molar-refractivity contribution in [3.8, 4) is 0 Å². The maximum Gasteiger partial charge on any atom is 0.416 e. The van der Waals surface area contributed by atoms with Gasteiger partial charge in [0.1, 0.15) is 11.6 Å². The third-order valence-electron chi connectivity index (χ3n) is 5.71. The number of halogens is 3. The summed E-state index contributed by atoms with van der Waals surface area (Å²) in [6, 6.07) is 4.82. The number of carbonyl (C=O) groups is 1. The molecule has 0 amide bonds. The van der Waals surface area contributed by atoms with Crippen LogP contribution in [-0.4, -0.2) is 15.8 Å². The predicted molar refractivity (Wildman–Crippen MR) is 114 cm³/mol. The normalized spacial score (nSPS) is 14.5. The maximum absolute atomic E-state index is 13.2. The van der Waals surface area contributed by atoms with Gasteiger partial charge in [-0.1, -0.05) is 0 Å². The molecule has 162 valence electrons. The van der Waals surface area contributed by atoms with E-state index in [0.29, 0.717) is 28.2 Å². The molecule has 0 saturated carbocycles. The highest BCUT2D eigenvalue weighted by Crippen LogP contribution is 2.37. The Hall–Kier alpha value is -3.16. The van der Waals surface area contributed by atoms with E-state index < -0.39 is 17.8 Å². The third-order valence-corrected chi connectivity index (χ3v) is 5.71. The van der Waals surface area contributed by atoms with E-state index in [1.807, 2.05) is 0 Å². The number of fused-ring (bicyclic) bond motifs is 3. The molecule has 5 nitrogen and oxygen atoms in total. The number of nitrogens with one attached hydrogen (secondary N) is 1. The number of anilines is 2. The monoisotopic (exact) mass is 428 g/mol. The quantitative estimate of drug-likeness (QED) is 0.429. The lowest BCUT2D eigenvalue weighted by Gasteiger charge is -2.20. The number of aryl methyl sites for hydroxylation is 2. The molecule has 0 radical (unpaired) electrons. The number of hydrogen-bond donors (Lipinski definition) is 2. The van der Waals surface area contributed by atoms with Crippen LogP contribution in [0.1, 0.15) is 64.7 Å². The Bertz CT molecular complexity index is 1200. The molecular weight excluding hydrogens is 405 g/mol. The van der Waals surface area contributed by atoms with Gasteiger partial charge in [-0.3, -0.25) is 4.79 Å². The van der Waals surface area contributed by atoms with Crippen molar-refractivity contribution in [2.75, 3.05) is 11.1 Å². The molecule has 1 atom stereocenters. The highest BCUT2D eigenvalue weighted by Gasteiger charge is 2.31. The van der Waals surface area contributed by atoms with Crippen LogP contribution in [-0.2, 0) is 19.0 Å². The van der Waals surface area contributed by atoms with Crippen LogP contribution in [0.5, 0.6) is 0 Å². The second-order valence-corrected chi connectivity index (χ2v) is 8.06. The van der Waals surface area contributed by atoms with Crippen molar-refractivity contribution in [2.45, 2.75) is 52.3 Å². The minimum absolute atomic E-state index is 0.0229. The van der Waals surface area contributed by atoms with Gasteiger partial charge in [0, 0.05) is 16.6 Å². The van der Waals surface area contributed by atoms with E-state index in [-0.39, 0.29) is 11.5 Å². The van der Waals surface area contributed by atoms with E-state index in [4.69, 9.17) is 5.73 Å². The van der Waals surface area contributed by atoms with Crippen LogP contribution in [0.3, 0.4) is 0 Å². The first-order chi connectivity index (χ1) is 14.5. The number of aromatic nitrogens is 2. The second kappa shape index (κ2) is 7.51. The minimum atomic E-state index is -4.49. The first kappa shape index (κ1) is 21.1. The zero-order valence-electron chi connectivity index (χ0n) is 17.5. The summed E-state index contributed by atoms with van der Waals surface area (Å²) in [4.78, 5) is 21.4. The summed E-state index contributed by atoms with van der Waals surface area (Å²) in [6.07, 6.45) is -1.85. The van der Waals surface area contributed by atoms with Crippen molar-refractivity contribution in [2.24, 2.45) is 0 Å². The van der Waals surface area contributed by atoms with Crippen molar-refractivity contribution in [1.82, 2.24) is 9.97 Å². The van der Waals surface area contributed by atoms with E-state index >= 15 is 0 Å². The van der Waals surface area contributed by atoms with E-state index in [2.05, 4.69) is 15.3 Å². The molecule has 0 aliphatic heterocycles. The van der Waals surface area contributed by atoms with Gasteiger partial charge in [0.2, 0.25) is 0 Å². The molecule has 0 fully saturated rings. The van der Waals surface area contributed by atoms with Crippen molar-refractivity contribution in [1.29, 1.82) is 0 Å². The molecule has 4 rings (SSSR count). The Kier molecular flexibility index (Phi) is 5.11. The van der Waals surface area contributed by atoms with Crippen LogP contribution in [0.25, 0.3) is 10.9 Å². The van der Waals surface area contributed by atoms with Gasteiger partial charge in [0.05, 0.1) is 17.1 Å². The van der Waals surface area contributed by atoms with Gasteiger partial charge < -0.3 is 11.1 Å². The molecule has 3 aromatic rings. The number of alkyl halides is 3. The fraction of sp³-hybridized carbons (Fsp3) is 0.348. The number of ketones is 1. The average Bonchev–Trinajstić information content (AvgIpc) is 3.16. The molecule has 1 aromatic heterocycles. The smallest absolute Gasteiger partial charge is 0.399 e. The van der Waals surface area contributed by atoms with Crippen molar-refractivity contribution < 1.29 is 18.0 Å². The molecule has 0 spiro atoms. The lowest BCUT2D eigenvalue weighted by molar-refractivity contribution is -0.137. The first-order valence-corrected chi connectivity index (χ1v) is 10.1. The molecule has 0 saturated heterocycles. The second-order valence-electron chi connectivity index (χ2n) is 8.06. The highest BCUT2D eigenvalue weighted by atomic mass is 19.4. The number of nitrogens with two attached hydrogens (primary N) is 1. The summed E-state index contributed by atoms with van der Waals surface area (Å²) in [7, 11) is 0. The van der Waals surface area contributed by atoms with Gasteiger partial charge in [0.15, 0.2) is 5.78 Å². The van der Waals surface area contributed by atoms with Crippen molar-refractivity contribution in [3.63, 3.8) is 0 Å². The van der Waals surface area contributed by atoms with E-state index in [1.54, 1.807) is 19.9 Å². The van der Waals surface area contributed by atoms with Gasteiger partial charge >= 0.3 is 6.18 Å². The summed E-state index contributed by atoms with van der Waals surface area (Å²) in [5.41, 5.74) is 8.92.